The van der Waals surface area contributed by atoms with E-state index in [0.29, 0.717) is 17.9 Å². The second-order valence-electron chi connectivity index (χ2n) is 5.30. The van der Waals surface area contributed by atoms with Crippen LogP contribution >= 0.6 is 0 Å². The van der Waals surface area contributed by atoms with Crippen LogP contribution < -0.4 is 10.1 Å². The topological polar surface area (TPSA) is 64.6 Å². The van der Waals surface area contributed by atoms with E-state index in [4.69, 9.17) is 4.74 Å². The zero-order chi connectivity index (χ0) is 17.4. The predicted molar refractivity (Wildman–Crippen MR) is 91.2 cm³/mol. The molecule has 0 aliphatic rings. The van der Waals surface area contributed by atoms with Crippen molar-refractivity contribution in [3.8, 4) is 5.75 Å². The van der Waals surface area contributed by atoms with E-state index in [1.165, 1.54) is 18.2 Å². The molecule has 0 heterocycles. The van der Waals surface area contributed by atoms with Gasteiger partial charge in [0.25, 0.3) is 5.91 Å². The normalized spacial score (nSPS) is 10.1. The fraction of sp³-hybridized carbons (Fsp3) is 0.263. The number of carbonyl (C=O) groups excluding carboxylic acids is 2. The zero-order valence-corrected chi connectivity index (χ0v) is 13.9. The van der Waals surface area contributed by atoms with Crippen LogP contribution in [0.2, 0.25) is 0 Å². The Labute approximate surface area is 141 Å². The van der Waals surface area contributed by atoms with E-state index in [-0.39, 0.29) is 12.5 Å². The molecule has 0 aliphatic carbocycles. The van der Waals surface area contributed by atoms with Crippen LogP contribution in [-0.4, -0.2) is 32.1 Å². The molecule has 0 radical (unpaired) electrons. The Morgan fingerprint density at radius 1 is 1.04 bits per heavy atom. The molecule has 2 rings (SSSR count). The molecule has 2 aromatic rings. The minimum Gasteiger partial charge on any atom is -0.483 e. The van der Waals surface area contributed by atoms with Crippen molar-refractivity contribution >= 4 is 11.9 Å². The van der Waals surface area contributed by atoms with E-state index in [9.17, 15) is 9.59 Å². The second kappa shape index (κ2) is 8.72. The lowest BCUT2D eigenvalue weighted by molar-refractivity contribution is -0.123. The summed E-state index contributed by atoms with van der Waals surface area (Å²) in [5.74, 6) is -0.396. The molecule has 5 nitrogen and oxygen atoms in total. The lowest BCUT2D eigenvalue weighted by atomic mass is 10.1. The molecule has 1 amide bonds. The van der Waals surface area contributed by atoms with Crippen molar-refractivity contribution in [2.75, 3.05) is 20.3 Å². The molecule has 5 heteroatoms. The van der Waals surface area contributed by atoms with Gasteiger partial charge in [-0.3, -0.25) is 4.79 Å². The third-order valence-electron chi connectivity index (χ3n) is 3.63. The molecule has 126 valence electrons. The van der Waals surface area contributed by atoms with Crippen molar-refractivity contribution in [2.45, 2.75) is 13.3 Å². The molecule has 0 bridgehead atoms. The molecule has 24 heavy (non-hydrogen) atoms. The SMILES string of the molecule is COC(=O)c1ccccc1OCC(=O)NCCc1ccccc1C. The zero-order valence-electron chi connectivity index (χ0n) is 13.9. The first-order chi connectivity index (χ1) is 11.6. The van der Waals surface area contributed by atoms with Gasteiger partial charge in [-0.25, -0.2) is 4.79 Å². The van der Waals surface area contributed by atoms with Gasteiger partial charge in [0.2, 0.25) is 0 Å². The van der Waals surface area contributed by atoms with Crippen LogP contribution in [0.4, 0.5) is 0 Å². The standard InChI is InChI=1S/C19H21NO4/c1-14-7-3-4-8-15(14)11-12-20-18(21)13-24-17-10-6-5-9-16(17)19(22)23-2/h3-10H,11-13H2,1-2H3,(H,20,21). The third kappa shape index (κ3) is 4.84. The molecule has 0 unspecified atom stereocenters. The van der Waals surface area contributed by atoms with Gasteiger partial charge < -0.3 is 14.8 Å². The quantitative estimate of drug-likeness (QED) is 0.794. The van der Waals surface area contributed by atoms with Crippen molar-refractivity contribution in [3.05, 3.63) is 65.2 Å². The van der Waals surface area contributed by atoms with Crippen LogP contribution in [0.15, 0.2) is 48.5 Å². The maximum Gasteiger partial charge on any atom is 0.341 e. The molecule has 0 aromatic heterocycles. The molecule has 0 spiro atoms. The van der Waals surface area contributed by atoms with Crippen LogP contribution in [0.3, 0.4) is 0 Å². The highest BCUT2D eigenvalue weighted by molar-refractivity contribution is 5.92. The van der Waals surface area contributed by atoms with E-state index in [0.717, 1.165) is 6.42 Å². The highest BCUT2D eigenvalue weighted by Gasteiger charge is 2.13. The minimum atomic E-state index is -0.495. The summed E-state index contributed by atoms with van der Waals surface area (Å²) in [5.41, 5.74) is 2.71. The molecular weight excluding hydrogens is 306 g/mol. The summed E-state index contributed by atoms with van der Waals surface area (Å²) in [6.45, 7) is 2.43. The van der Waals surface area contributed by atoms with E-state index in [2.05, 4.69) is 10.1 Å². The van der Waals surface area contributed by atoms with Crippen molar-refractivity contribution in [2.24, 2.45) is 0 Å². The first kappa shape index (κ1) is 17.5. The number of amides is 1. The first-order valence-electron chi connectivity index (χ1n) is 7.73. The third-order valence-corrected chi connectivity index (χ3v) is 3.63. The number of aryl methyl sites for hydroxylation is 1. The van der Waals surface area contributed by atoms with E-state index < -0.39 is 5.97 Å². The highest BCUT2D eigenvalue weighted by atomic mass is 16.5. The molecule has 0 fully saturated rings. The Bertz CT molecular complexity index is 712. The molecular formula is C19H21NO4. The van der Waals surface area contributed by atoms with Gasteiger partial charge in [0.05, 0.1) is 7.11 Å². The maximum atomic E-state index is 11.9. The fourth-order valence-electron chi connectivity index (χ4n) is 2.29. The largest absolute Gasteiger partial charge is 0.483 e. The number of nitrogens with one attached hydrogen (secondary N) is 1. The lowest BCUT2D eigenvalue weighted by Crippen LogP contribution is -2.30. The van der Waals surface area contributed by atoms with Crippen LogP contribution in [0.25, 0.3) is 0 Å². The van der Waals surface area contributed by atoms with Gasteiger partial charge in [-0.15, -0.1) is 0 Å². The van der Waals surface area contributed by atoms with Crippen molar-refractivity contribution in [3.63, 3.8) is 0 Å². The number of hydrogen-bond acceptors (Lipinski definition) is 4. The van der Waals surface area contributed by atoms with Crippen LogP contribution in [-0.2, 0) is 16.0 Å². The molecule has 0 saturated heterocycles. The molecule has 2 aromatic carbocycles. The number of benzene rings is 2. The number of ether oxygens (including phenoxy) is 2. The Morgan fingerprint density at radius 3 is 2.50 bits per heavy atom. The van der Waals surface area contributed by atoms with E-state index >= 15 is 0 Å². The summed E-state index contributed by atoms with van der Waals surface area (Å²) in [6.07, 6.45) is 0.761. The van der Waals surface area contributed by atoms with Gasteiger partial charge in [-0.1, -0.05) is 36.4 Å². The Hall–Kier alpha value is -2.82. The highest BCUT2D eigenvalue weighted by Crippen LogP contribution is 2.18. The van der Waals surface area contributed by atoms with Crippen molar-refractivity contribution in [1.29, 1.82) is 0 Å². The summed E-state index contributed by atoms with van der Waals surface area (Å²) >= 11 is 0. The molecule has 0 aliphatic heterocycles. The van der Waals surface area contributed by atoms with Gasteiger partial charge in [-0.05, 0) is 36.6 Å². The Balaban J connectivity index is 1.82. The minimum absolute atomic E-state index is 0.151. The first-order valence-corrected chi connectivity index (χ1v) is 7.73. The summed E-state index contributed by atoms with van der Waals surface area (Å²) in [4.78, 5) is 23.5. The second-order valence-corrected chi connectivity index (χ2v) is 5.30. The van der Waals surface area contributed by atoms with Crippen LogP contribution in [0.1, 0.15) is 21.5 Å². The fourth-order valence-corrected chi connectivity index (χ4v) is 2.29. The molecule has 0 atom stereocenters. The summed E-state index contributed by atoms with van der Waals surface area (Å²) in [6, 6.07) is 14.7. The number of methoxy groups -OCH3 is 1. The van der Waals surface area contributed by atoms with Crippen molar-refractivity contribution in [1.82, 2.24) is 5.32 Å². The maximum absolute atomic E-state index is 11.9. The number of esters is 1. The van der Waals surface area contributed by atoms with Gasteiger partial charge in [0.15, 0.2) is 6.61 Å². The average Bonchev–Trinajstić information content (AvgIpc) is 2.61. The van der Waals surface area contributed by atoms with Crippen molar-refractivity contribution < 1.29 is 19.1 Å². The summed E-state index contributed by atoms with van der Waals surface area (Å²) < 4.78 is 10.1. The number of rotatable bonds is 7. The number of para-hydroxylation sites is 1. The number of hydrogen-bond donors (Lipinski definition) is 1. The average molecular weight is 327 g/mol. The Kier molecular flexibility index (Phi) is 6.37. The van der Waals surface area contributed by atoms with Gasteiger partial charge >= 0.3 is 5.97 Å². The number of carbonyl (C=O) groups is 2. The Morgan fingerprint density at radius 2 is 1.75 bits per heavy atom. The lowest BCUT2D eigenvalue weighted by Gasteiger charge is -2.11. The molecule has 0 saturated carbocycles. The monoisotopic (exact) mass is 327 g/mol. The van der Waals surface area contributed by atoms with Crippen LogP contribution in [0.5, 0.6) is 5.75 Å². The predicted octanol–water partition coefficient (Wildman–Crippen LogP) is 2.52. The van der Waals surface area contributed by atoms with Crippen LogP contribution in [0, 0.1) is 6.92 Å². The van der Waals surface area contributed by atoms with Gasteiger partial charge in [0, 0.05) is 6.54 Å². The summed E-state index contributed by atoms with van der Waals surface area (Å²) in [7, 11) is 1.30. The molecule has 1 N–H and O–H groups in total. The van der Waals surface area contributed by atoms with E-state index in [1.807, 2.05) is 31.2 Å². The van der Waals surface area contributed by atoms with Gasteiger partial charge in [-0.2, -0.15) is 0 Å². The smallest absolute Gasteiger partial charge is 0.341 e. The van der Waals surface area contributed by atoms with Gasteiger partial charge in [0.1, 0.15) is 11.3 Å². The summed E-state index contributed by atoms with van der Waals surface area (Å²) in [5, 5.41) is 2.81. The van der Waals surface area contributed by atoms with E-state index in [1.54, 1.807) is 24.3 Å².